The van der Waals surface area contributed by atoms with Gasteiger partial charge in [0.05, 0.1) is 10.6 Å². The van der Waals surface area contributed by atoms with Crippen LogP contribution in [0.2, 0.25) is 0 Å². The van der Waals surface area contributed by atoms with Gasteiger partial charge in [0.25, 0.3) is 5.91 Å². The Morgan fingerprint density at radius 2 is 1.84 bits per heavy atom. The number of carbonyl (C=O) groups is 1. The number of anilines is 1. The smallest absolute Gasteiger partial charge is 0.270 e. The number of sulfonamides is 1. The average molecular weight is 470 g/mol. The number of benzene rings is 2. The molecule has 0 aliphatic carbocycles. The molecule has 0 saturated heterocycles. The number of amides is 1. The van der Waals surface area contributed by atoms with Gasteiger partial charge >= 0.3 is 0 Å². The Balaban J connectivity index is 1.67. The van der Waals surface area contributed by atoms with Gasteiger partial charge in [-0.3, -0.25) is 4.79 Å². The average Bonchev–Trinajstić information content (AvgIpc) is 3.20. The van der Waals surface area contributed by atoms with E-state index in [1.807, 2.05) is 51.1 Å². The molecule has 0 bridgehead atoms. The molecule has 0 saturated carbocycles. The maximum atomic E-state index is 13.5. The normalized spacial score (nSPS) is 13.9. The van der Waals surface area contributed by atoms with Crippen molar-refractivity contribution < 1.29 is 13.2 Å². The second-order valence-corrected chi connectivity index (χ2v) is 10.7. The van der Waals surface area contributed by atoms with Crippen LogP contribution in [-0.4, -0.2) is 43.2 Å². The first-order valence-corrected chi connectivity index (χ1v) is 13.1. The van der Waals surface area contributed by atoms with E-state index >= 15 is 0 Å². The van der Waals surface area contributed by atoms with Gasteiger partial charge in [-0.15, -0.1) is 11.3 Å². The summed E-state index contributed by atoms with van der Waals surface area (Å²) in [4.78, 5) is 20.8. The molecule has 0 unspecified atom stereocenters. The monoisotopic (exact) mass is 469 g/mol. The summed E-state index contributed by atoms with van der Waals surface area (Å²) >= 11 is 1.40. The number of aryl methyl sites for hydroxylation is 2. The molecule has 2 heterocycles. The summed E-state index contributed by atoms with van der Waals surface area (Å²) in [7, 11) is -3.54. The van der Waals surface area contributed by atoms with Crippen molar-refractivity contribution in [3.05, 3.63) is 64.7 Å². The van der Waals surface area contributed by atoms with Crippen molar-refractivity contribution in [2.75, 3.05) is 24.5 Å². The molecule has 6 nitrogen and oxygen atoms in total. The molecule has 1 amide bonds. The van der Waals surface area contributed by atoms with Crippen LogP contribution in [-0.2, 0) is 16.4 Å². The number of hydrogen-bond donors (Lipinski definition) is 0. The van der Waals surface area contributed by atoms with E-state index in [0.717, 1.165) is 34.7 Å². The molecule has 1 aromatic heterocycles. The van der Waals surface area contributed by atoms with E-state index in [4.69, 9.17) is 0 Å². The first-order chi connectivity index (χ1) is 15.4. The minimum absolute atomic E-state index is 0.0810. The fraction of sp³-hybridized carbons (Fsp3) is 0.333. The topological polar surface area (TPSA) is 70.6 Å². The van der Waals surface area contributed by atoms with E-state index in [1.54, 1.807) is 23.1 Å². The summed E-state index contributed by atoms with van der Waals surface area (Å²) in [6, 6.07) is 15.0. The van der Waals surface area contributed by atoms with Gasteiger partial charge in [0.2, 0.25) is 10.0 Å². The Morgan fingerprint density at radius 3 is 2.53 bits per heavy atom. The molecule has 32 heavy (non-hydrogen) atoms. The van der Waals surface area contributed by atoms with Crippen LogP contribution in [0.25, 0.3) is 10.6 Å². The van der Waals surface area contributed by atoms with E-state index in [9.17, 15) is 13.2 Å². The van der Waals surface area contributed by atoms with Crippen molar-refractivity contribution in [2.24, 2.45) is 0 Å². The van der Waals surface area contributed by atoms with Crippen LogP contribution in [0.3, 0.4) is 0 Å². The molecule has 4 rings (SSSR count). The first-order valence-electron chi connectivity index (χ1n) is 10.8. The van der Waals surface area contributed by atoms with Crippen LogP contribution < -0.4 is 4.90 Å². The fourth-order valence-electron chi connectivity index (χ4n) is 4.08. The molecule has 3 aromatic rings. The van der Waals surface area contributed by atoms with E-state index in [2.05, 4.69) is 4.98 Å². The summed E-state index contributed by atoms with van der Waals surface area (Å²) in [5.41, 5.74) is 3.38. The maximum Gasteiger partial charge on any atom is 0.270 e. The third kappa shape index (κ3) is 4.10. The molecular weight excluding hydrogens is 442 g/mol. The predicted molar refractivity (Wildman–Crippen MR) is 129 cm³/mol. The van der Waals surface area contributed by atoms with Gasteiger partial charge in [0.1, 0.15) is 9.88 Å². The quantitative estimate of drug-likeness (QED) is 0.523. The number of hydrogen-bond acceptors (Lipinski definition) is 5. The second-order valence-electron chi connectivity index (χ2n) is 7.74. The number of rotatable bonds is 6. The highest BCUT2D eigenvalue weighted by Crippen LogP contribution is 2.34. The molecule has 8 heteroatoms. The Bertz CT molecular complexity index is 1230. The summed E-state index contributed by atoms with van der Waals surface area (Å²) in [5.74, 6) is -0.0810. The van der Waals surface area contributed by atoms with Crippen molar-refractivity contribution >= 4 is 33.0 Å². The molecule has 0 fully saturated rings. The zero-order valence-electron chi connectivity index (χ0n) is 18.5. The number of thiazole rings is 1. The second kappa shape index (κ2) is 9.13. The SMILES string of the molecule is CCN(CC)S(=O)(=O)c1ccc2c(c1)CCCN2C(=O)c1sc(-c2ccccc2)nc1C. The molecule has 1 aliphatic heterocycles. The molecular formula is C24H27N3O3S2. The van der Waals surface area contributed by atoms with Gasteiger partial charge in [-0.25, -0.2) is 13.4 Å². The van der Waals surface area contributed by atoms with Crippen LogP contribution in [0.5, 0.6) is 0 Å². The van der Waals surface area contributed by atoms with Crippen LogP contribution in [0.4, 0.5) is 5.69 Å². The lowest BCUT2D eigenvalue weighted by Crippen LogP contribution is -2.36. The van der Waals surface area contributed by atoms with Crippen molar-refractivity contribution in [3.8, 4) is 10.6 Å². The Hall–Kier alpha value is -2.55. The predicted octanol–water partition coefficient (Wildman–Crippen LogP) is 4.74. The molecule has 0 N–H and O–H groups in total. The Morgan fingerprint density at radius 1 is 1.12 bits per heavy atom. The van der Waals surface area contributed by atoms with Crippen molar-refractivity contribution in [3.63, 3.8) is 0 Å². The van der Waals surface area contributed by atoms with E-state index in [0.29, 0.717) is 30.2 Å². The molecule has 0 radical (unpaired) electrons. The Kier molecular flexibility index (Phi) is 6.46. The number of carbonyl (C=O) groups excluding carboxylic acids is 1. The van der Waals surface area contributed by atoms with Gasteiger partial charge in [-0.05, 0) is 43.5 Å². The summed E-state index contributed by atoms with van der Waals surface area (Å²) in [5, 5.41) is 0.823. The van der Waals surface area contributed by atoms with Crippen LogP contribution in [0.1, 0.15) is 41.2 Å². The van der Waals surface area contributed by atoms with Crippen LogP contribution >= 0.6 is 11.3 Å². The number of nitrogens with zero attached hydrogens (tertiary/aromatic N) is 3. The lowest BCUT2D eigenvalue weighted by atomic mass is 10.0. The zero-order chi connectivity index (χ0) is 22.9. The minimum Gasteiger partial charge on any atom is -0.307 e. The zero-order valence-corrected chi connectivity index (χ0v) is 20.2. The lowest BCUT2D eigenvalue weighted by molar-refractivity contribution is 0.0988. The summed E-state index contributed by atoms with van der Waals surface area (Å²) in [6.07, 6.45) is 1.54. The van der Waals surface area contributed by atoms with Crippen LogP contribution in [0, 0.1) is 6.92 Å². The summed E-state index contributed by atoms with van der Waals surface area (Å²) < 4.78 is 27.3. The van der Waals surface area contributed by atoms with Crippen molar-refractivity contribution in [1.29, 1.82) is 0 Å². The van der Waals surface area contributed by atoms with Crippen LogP contribution in [0.15, 0.2) is 53.4 Å². The third-order valence-corrected chi connectivity index (χ3v) is 9.01. The fourth-order valence-corrected chi connectivity index (χ4v) is 6.61. The highest BCUT2D eigenvalue weighted by molar-refractivity contribution is 7.89. The van der Waals surface area contributed by atoms with Gasteiger partial charge < -0.3 is 4.90 Å². The third-order valence-electron chi connectivity index (χ3n) is 5.77. The standard InChI is InChI=1S/C24H27N3O3S2/c1-4-26(5-2)32(29,30)20-13-14-21-19(16-20)12-9-15-27(21)24(28)22-17(3)25-23(31-22)18-10-7-6-8-11-18/h6-8,10-11,13-14,16H,4-5,9,12,15H2,1-3H3. The van der Waals surface area contributed by atoms with Gasteiger partial charge in [0.15, 0.2) is 0 Å². The molecule has 0 spiro atoms. The van der Waals surface area contributed by atoms with E-state index < -0.39 is 10.0 Å². The molecule has 168 valence electrons. The van der Waals surface area contributed by atoms with E-state index in [1.165, 1.54) is 15.6 Å². The Labute approximate surface area is 193 Å². The molecule has 1 aliphatic rings. The van der Waals surface area contributed by atoms with Gasteiger partial charge in [0, 0.05) is 30.9 Å². The molecule has 2 aromatic carbocycles. The first kappa shape index (κ1) is 22.6. The highest BCUT2D eigenvalue weighted by atomic mass is 32.2. The number of fused-ring (bicyclic) bond motifs is 1. The largest absolute Gasteiger partial charge is 0.307 e. The maximum absolute atomic E-state index is 13.5. The van der Waals surface area contributed by atoms with E-state index in [-0.39, 0.29) is 10.8 Å². The molecule has 0 atom stereocenters. The highest BCUT2D eigenvalue weighted by Gasteiger charge is 2.29. The minimum atomic E-state index is -3.54. The number of aromatic nitrogens is 1. The van der Waals surface area contributed by atoms with Gasteiger partial charge in [-0.1, -0.05) is 44.2 Å². The summed E-state index contributed by atoms with van der Waals surface area (Å²) in [6.45, 7) is 6.98. The van der Waals surface area contributed by atoms with Crippen molar-refractivity contribution in [1.82, 2.24) is 9.29 Å². The lowest BCUT2D eigenvalue weighted by Gasteiger charge is -2.30. The van der Waals surface area contributed by atoms with Gasteiger partial charge in [-0.2, -0.15) is 4.31 Å². The van der Waals surface area contributed by atoms with Crippen molar-refractivity contribution in [2.45, 2.75) is 38.5 Å².